The zero-order valence-electron chi connectivity index (χ0n) is 11.2. The van der Waals surface area contributed by atoms with Gasteiger partial charge in [0, 0.05) is 34.6 Å². The Bertz CT molecular complexity index is 422. The van der Waals surface area contributed by atoms with Crippen LogP contribution in [0.15, 0.2) is 22.7 Å². The molecule has 0 saturated carbocycles. The molecule has 0 amide bonds. The first-order valence-electron chi connectivity index (χ1n) is 6.19. The molecule has 1 aliphatic rings. The molecule has 18 heavy (non-hydrogen) atoms. The third-order valence-electron chi connectivity index (χ3n) is 3.15. The van der Waals surface area contributed by atoms with Gasteiger partial charge in [-0.25, -0.2) is 0 Å². The lowest BCUT2D eigenvalue weighted by Crippen LogP contribution is -2.42. The number of ether oxygens (including phenoxy) is 1. The van der Waals surface area contributed by atoms with Crippen molar-refractivity contribution in [1.29, 1.82) is 0 Å². The standard InChI is InChI=1S/C14H20BrNOS/c1-14(2)10-16(6-7-18-14)9-11-8-12(17-3)4-5-13(11)15/h4-5,8H,6-7,9-10H2,1-3H3. The summed E-state index contributed by atoms with van der Waals surface area (Å²) in [6.45, 7) is 7.94. The van der Waals surface area contributed by atoms with E-state index in [-0.39, 0.29) is 0 Å². The lowest BCUT2D eigenvalue weighted by atomic mass is 10.1. The van der Waals surface area contributed by atoms with Gasteiger partial charge < -0.3 is 4.74 Å². The van der Waals surface area contributed by atoms with Crippen molar-refractivity contribution in [3.63, 3.8) is 0 Å². The maximum absolute atomic E-state index is 5.30. The number of benzene rings is 1. The van der Waals surface area contributed by atoms with Crippen molar-refractivity contribution in [2.45, 2.75) is 25.1 Å². The van der Waals surface area contributed by atoms with E-state index < -0.39 is 0 Å². The van der Waals surface area contributed by atoms with Gasteiger partial charge in [0.15, 0.2) is 0 Å². The molecule has 0 unspecified atom stereocenters. The average molecular weight is 330 g/mol. The molecule has 0 aliphatic carbocycles. The van der Waals surface area contributed by atoms with Crippen LogP contribution >= 0.6 is 27.7 Å². The highest BCUT2D eigenvalue weighted by Gasteiger charge is 2.27. The minimum absolute atomic E-state index is 0.365. The molecule has 1 heterocycles. The highest BCUT2D eigenvalue weighted by molar-refractivity contribution is 9.10. The molecule has 1 saturated heterocycles. The van der Waals surface area contributed by atoms with Crippen LogP contribution in [-0.4, -0.2) is 35.6 Å². The van der Waals surface area contributed by atoms with Crippen LogP contribution < -0.4 is 4.74 Å². The summed E-state index contributed by atoms with van der Waals surface area (Å²) < 4.78 is 6.83. The third-order valence-corrected chi connectivity index (χ3v) is 5.22. The van der Waals surface area contributed by atoms with E-state index in [9.17, 15) is 0 Å². The first-order valence-corrected chi connectivity index (χ1v) is 7.97. The highest BCUT2D eigenvalue weighted by atomic mass is 79.9. The van der Waals surface area contributed by atoms with E-state index in [2.05, 4.69) is 58.6 Å². The summed E-state index contributed by atoms with van der Waals surface area (Å²) in [6.07, 6.45) is 0. The fourth-order valence-electron chi connectivity index (χ4n) is 2.29. The van der Waals surface area contributed by atoms with Crippen LogP contribution in [0.2, 0.25) is 0 Å². The molecule has 0 N–H and O–H groups in total. The molecule has 0 atom stereocenters. The van der Waals surface area contributed by atoms with Gasteiger partial charge in [0.25, 0.3) is 0 Å². The quantitative estimate of drug-likeness (QED) is 0.837. The molecule has 0 spiro atoms. The monoisotopic (exact) mass is 329 g/mol. The van der Waals surface area contributed by atoms with E-state index in [1.165, 1.54) is 15.8 Å². The van der Waals surface area contributed by atoms with E-state index in [1.54, 1.807) is 7.11 Å². The Balaban J connectivity index is 2.09. The van der Waals surface area contributed by atoms with Crippen LogP contribution in [0.5, 0.6) is 5.75 Å². The number of hydrogen-bond acceptors (Lipinski definition) is 3. The highest BCUT2D eigenvalue weighted by Crippen LogP contribution is 2.31. The topological polar surface area (TPSA) is 12.5 Å². The van der Waals surface area contributed by atoms with E-state index >= 15 is 0 Å². The maximum Gasteiger partial charge on any atom is 0.119 e. The molecule has 2 rings (SSSR count). The Morgan fingerprint density at radius 2 is 2.22 bits per heavy atom. The van der Waals surface area contributed by atoms with Crippen LogP contribution in [-0.2, 0) is 6.54 Å². The zero-order chi connectivity index (χ0) is 13.2. The van der Waals surface area contributed by atoms with Gasteiger partial charge in [-0.1, -0.05) is 15.9 Å². The van der Waals surface area contributed by atoms with Crippen molar-refractivity contribution in [3.8, 4) is 5.75 Å². The molecule has 0 radical (unpaired) electrons. The average Bonchev–Trinajstić information content (AvgIpc) is 2.31. The summed E-state index contributed by atoms with van der Waals surface area (Å²) in [6, 6.07) is 6.18. The van der Waals surface area contributed by atoms with Crippen LogP contribution in [0.25, 0.3) is 0 Å². The Hall–Kier alpha value is -0.190. The number of hydrogen-bond donors (Lipinski definition) is 0. The van der Waals surface area contributed by atoms with Gasteiger partial charge in [0.2, 0.25) is 0 Å². The first kappa shape index (κ1) is 14.2. The zero-order valence-corrected chi connectivity index (χ0v) is 13.6. The predicted molar refractivity (Wildman–Crippen MR) is 82.5 cm³/mol. The molecule has 0 aromatic heterocycles. The number of methoxy groups -OCH3 is 1. The van der Waals surface area contributed by atoms with Gasteiger partial charge in [-0.15, -0.1) is 0 Å². The molecule has 0 bridgehead atoms. The largest absolute Gasteiger partial charge is 0.497 e. The normalized spacial score (nSPS) is 19.8. The second-order valence-corrected chi connectivity index (χ2v) is 7.93. The minimum atomic E-state index is 0.365. The second-order valence-electron chi connectivity index (χ2n) is 5.28. The van der Waals surface area contributed by atoms with Gasteiger partial charge >= 0.3 is 0 Å². The molecule has 4 heteroatoms. The van der Waals surface area contributed by atoms with Gasteiger partial charge in [-0.05, 0) is 37.6 Å². The van der Waals surface area contributed by atoms with E-state index in [0.717, 1.165) is 25.4 Å². The summed E-state index contributed by atoms with van der Waals surface area (Å²) in [5, 5.41) is 0. The Morgan fingerprint density at radius 3 is 2.89 bits per heavy atom. The second kappa shape index (κ2) is 5.85. The van der Waals surface area contributed by atoms with Gasteiger partial charge in [-0.2, -0.15) is 11.8 Å². The summed E-state index contributed by atoms with van der Waals surface area (Å²) in [7, 11) is 1.72. The summed E-state index contributed by atoms with van der Waals surface area (Å²) >= 11 is 5.70. The summed E-state index contributed by atoms with van der Waals surface area (Å²) in [4.78, 5) is 2.52. The van der Waals surface area contributed by atoms with Crippen LogP contribution in [0.4, 0.5) is 0 Å². The number of thioether (sulfide) groups is 1. The number of nitrogens with zero attached hydrogens (tertiary/aromatic N) is 1. The number of rotatable bonds is 3. The summed E-state index contributed by atoms with van der Waals surface area (Å²) in [5.41, 5.74) is 1.30. The SMILES string of the molecule is COc1ccc(Br)c(CN2CCSC(C)(C)C2)c1. The van der Waals surface area contributed by atoms with Crippen LogP contribution in [0.1, 0.15) is 19.4 Å². The van der Waals surface area contributed by atoms with Crippen molar-refractivity contribution >= 4 is 27.7 Å². The molecular weight excluding hydrogens is 310 g/mol. The number of halogens is 1. The molecule has 1 aromatic carbocycles. The van der Waals surface area contributed by atoms with E-state index in [1.807, 2.05) is 6.07 Å². The third kappa shape index (κ3) is 3.65. The van der Waals surface area contributed by atoms with Gasteiger partial charge in [0.05, 0.1) is 7.11 Å². The van der Waals surface area contributed by atoms with Crippen molar-refractivity contribution in [2.24, 2.45) is 0 Å². The van der Waals surface area contributed by atoms with Crippen molar-refractivity contribution < 1.29 is 4.74 Å². The van der Waals surface area contributed by atoms with Crippen molar-refractivity contribution in [2.75, 3.05) is 26.0 Å². The van der Waals surface area contributed by atoms with Gasteiger partial charge in [0.1, 0.15) is 5.75 Å². The van der Waals surface area contributed by atoms with Crippen LogP contribution in [0.3, 0.4) is 0 Å². The van der Waals surface area contributed by atoms with E-state index in [0.29, 0.717) is 4.75 Å². The first-order chi connectivity index (χ1) is 8.50. The van der Waals surface area contributed by atoms with Crippen LogP contribution in [0, 0.1) is 0 Å². The van der Waals surface area contributed by atoms with Gasteiger partial charge in [-0.3, -0.25) is 4.90 Å². The molecular formula is C14H20BrNOS. The summed E-state index contributed by atoms with van der Waals surface area (Å²) in [5.74, 6) is 2.15. The Morgan fingerprint density at radius 1 is 1.44 bits per heavy atom. The molecule has 2 nitrogen and oxygen atoms in total. The Kier molecular flexibility index (Phi) is 4.62. The molecule has 100 valence electrons. The minimum Gasteiger partial charge on any atom is -0.497 e. The smallest absolute Gasteiger partial charge is 0.119 e. The molecule has 1 fully saturated rings. The Labute approximate surface area is 122 Å². The lowest BCUT2D eigenvalue weighted by Gasteiger charge is -2.37. The predicted octanol–water partition coefficient (Wildman–Crippen LogP) is 3.79. The van der Waals surface area contributed by atoms with Crippen molar-refractivity contribution in [1.82, 2.24) is 4.90 Å². The fraction of sp³-hybridized carbons (Fsp3) is 0.571. The maximum atomic E-state index is 5.30. The molecule has 1 aromatic rings. The molecule has 1 aliphatic heterocycles. The lowest BCUT2D eigenvalue weighted by molar-refractivity contribution is 0.252. The van der Waals surface area contributed by atoms with Crippen molar-refractivity contribution in [3.05, 3.63) is 28.2 Å². The fourth-order valence-corrected chi connectivity index (χ4v) is 3.84. The van der Waals surface area contributed by atoms with E-state index in [4.69, 9.17) is 4.74 Å².